The number of nitrogens with one attached hydrogen (secondary N) is 3. The van der Waals surface area contributed by atoms with Gasteiger partial charge in [0, 0.05) is 17.8 Å². The molecule has 0 fully saturated rings. The topological polar surface area (TPSA) is 121 Å². The fourth-order valence-corrected chi connectivity index (χ4v) is 4.42. The predicted molar refractivity (Wildman–Crippen MR) is 114 cm³/mol. The second kappa shape index (κ2) is 9.86. The Morgan fingerprint density at radius 2 is 1.48 bits per heavy atom. The lowest BCUT2D eigenvalue weighted by atomic mass is 10.1. The van der Waals surface area contributed by atoms with Crippen LogP contribution in [0.5, 0.6) is 0 Å². The van der Waals surface area contributed by atoms with E-state index in [0.29, 0.717) is 24.2 Å². The third-order valence-electron chi connectivity index (χ3n) is 4.06. The molecule has 1 amide bonds. The molecule has 0 aromatic heterocycles. The first-order valence-corrected chi connectivity index (χ1v) is 12.2. The Morgan fingerprint density at radius 1 is 0.897 bits per heavy atom. The Kier molecular flexibility index (Phi) is 7.77. The van der Waals surface area contributed by atoms with Gasteiger partial charge in [0.15, 0.2) is 0 Å². The number of anilines is 2. The van der Waals surface area contributed by atoms with Crippen molar-refractivity contribution in [2.45, 2.75) is 31.1 Å². The lowest BCUT2D eigenvalue weighted by Gasteiger charge is -2.09. The Bertz CT molecular complexity index is 1030. The molecule has 3 N–H and O–H groups in total. The van der Waals surface area contributed by atoms with E-state index >= 15 is 0 Å². The number of carbonyl (C=O) groups is 1. The van der Waals surface area contributed by atoms with E-state index in [9.17, 15) is 21.6 Å². The van der Waals surface area contributed by atoms with Crippen molar-refractivity contribution < 1.29 is 21.6 Å². The summed E-state index contributed by atoms with van der Waals surface area (Å²) >= 11 is 0. The molecule has 0 radical (unpaired) electrons. The van der Waals surface area contributed by atoms with Gasteiger partial charge in [-0.2, -0.15) is 0 Å². The SMILES string of the molecule is CCCS(=O)(=O)Nc1ccc(NC(=O)CCc2ccc(S(=O)(=O)NC)cc2)cc1. The monoisotopic (exact) mass is 439 g/mol. The van der Waals surface area contributed by atoms with Crippen LogP contribution in [0.3, 0.4) is 0 Å². The van der Waals surface area contributed by atoms with Gasteiger partial charge >= 0.3 is 0 Å². The third kappa shape index (κ3) is 7.15. The number of aryl methyl sites for hydroxylation is 1. The molecule has 0 aliphatic rings. The summed E-state index contributed by atoms with van der Waals surface area (Å²) in [4.78, 5) is 12.3. The minimum atomic E-state index is -3.48. The summed E-state index contributed by atoms with van der Waals surface area (Å²) < 4.78 is 51.6. The zero-order valence-corrected chi connectivity index (χ0v) is 17.9. The van der Waals surface area contributed by atoms with Crippen molar-refractivity contribution in [3.8, 4) is 0 Å². The highest BCUT2D eigenvalue weighted by atomic mass is 32.2. The van der Waals surface area contributed by atoms with Crippen LogP contribution in [0.2, 0.25) is 0 Å². The van der Waals surface area contributed by atoms with Gasteiger partial charge in [-0.15, -0.1) is 0 Å². The van der Waals surface area contributed by atoms with Gasteiger partial charge in [-0.25, -0.2) is 21.6 Å². The van der Waals surface area contributed by atoms with Crippen molar-refractivity contribution in [2.24, 2.45) is 0 Å². The van der Waals surface area contributed by atoms with Crippen LogP contribution in [-0.2, 0) is 31.3 Å². The molecule has 8 nitrogen and oxygen atoms in total. The first-order valence-electron chi connectivity index (χ1n) is 9.08. The van der Waals surface area contributed by atoms with Crippen LogP contribution in [0.1, 0.15) is 25.3 Å². The molecule has 158 valence electrons. The minimum Gasteiger partial charge on any atom is -0.326 e. The van der Waals surface area contributed by atoms with Gasteiger partial charge in [0.2, 0.25) is 26.0 Å². The first kappa shape index (κ1) is 22.9. The summed E-state index contributed by atoms with van der Waals surface area (Å²) in [6.07, 6.45) is 1.21. The molecule has 29 heavy (non-hydrogen) atoms. The highest BCUT2D eigenvalue weighted by molar-refractivity contribution is 7.92. The van der Waals surface area contributed by atoms with Crippen LogP contribution in [-0.4, -0.2) is 35.5 Å². The summed E-state index contributed by atoms with van der Waals surface area (Å²) in [5.41, 5.74) is 1.84. The Morgan fingerprint density at radius 3 is 2.03 bits per heavy atom. The number of hydrogen-bond donors (Lipinski definition) is 3. The maximum Gasteiger partial charge on any atom is 0.240 e. The van der Waals surface area contributed by atoms with Gasteiger partial charge in [0.25, 0.3) is 0 Å². The van der Waals surface area contributed by atoms with E-state index in [1.165, 1.54) is 19.2 Å². The van der Waals surface area contributed by atoms with Gasteiger partial charge < -0.3 is 5.32 Å². The minimum absolute atomic E-state index is 0.0490. The quantitative estimate of drug-likeness (QED) is 0.524. The Labute approximate surface area is 171 Å². The van der Waals surface area contributed by atoms with E-state index in [4.69, 9.17) is 0 Å². The molecule has 0 aliphatic heterocycles. The number of hydrogen-bond acceptors (Lipinski definition) is 5. The van der Waals surface area contributed by atoms with Crippen molar-refractivity contribution in [3.63, 3.8) is 0 Å². The molecular formula is C19H25N3O5S2. The second-order valence-corrected chi connectivity index (χ2v) is 10.1. The highest BCUT2D eigenvalue weighted by Crippen LogP contribution is 2.16. The second-order valence-electron chi connectivity index (χ2n) is 6.40. The standard InChI is InChI=1S/C19H25N3O5S2/c1-3-14-28(24,25)22-17-9-7-16(8-10-17)21-19(23)13-6-15-4-11-18(12-5-15)29(26,27)20-2/h4-5,7-12,20,22H,3,6,13-14H2,1-2H3,(H,21,23). The van der Waals surface area contributed by atoms with E-state index in [-0.39, 0.29) is 23.0 Å². The van der Waals surface area contributed by atoms with Crippen molar-refractivity contribution >= 4 is 37.3 Å². The van der Waals surface area contributed by atoms with Crippen molar-refractivity contribution in [3.05, 3.63) is 54.1 Å². The van der Waals surface area contributed by atoms with Crippen LogP contribution >= 0.6 is 0 Å². The van der Waals surface area contributed by atoms with Crippen LogP contribution in [0.15, 0.2) is 53.4 Å². The highest BCUT2D eigenvalue weighted by Gasteiger charge is 2.11. The first-order chi connectivity index (χ1) is 13.6. The van der Waals surface area contributed by atoms with Crippen molar-refractivity contribution in [1.82, 2.24) is 4.72 Å². The molecule has 0 atom stereocenters. The van der Waals surface area contributed by atoms with Gasteiger partial charge in [0.05, 0.1) is 10.6 Å². The largest absolute Gasteiger partial charge is 0.326 e. The van der Waals surface area contributed by atoms with Gasteiger partial charge in [-0.3, -0.25) is 9.52 Å². The molecule has 0 saturated heterocycles. The van der Waals surface area contributed by atoms with Crippen LogP contribution in [0.25, 0.3) is 0 Å². The normalized spacial score (nSPS) is 11.8. The molecule has 0 bridgehead atoms. The molecule has 0 unspecified atom stereocenters. The average Bonchev–Trinajstić information content (AvgIpc) is 2.68. The van der Waals surface area contributed by atoms with E-state index < -0.39 is 20.0 Å². The molecule has 0 heterocycles. The molecule has 0 spiro atoms. The lowest BCUT2D eigenvalue weighted by molar-refractivity contribution is -0.116. The van der Waals surface area contributed by atoms with Crippen LogP contribution < -0.4 is 14.8 Å². The van der Waals surface area contributed by atoms with E-state index in [0.717, 1.165) is 5.56 Å². The van der Waals surface area contributed by atoms with Gasteiger partial charge in [-0.05, 0) is 61.9 Å². The maximum absolute atomic E-state index is 12.1. The van der Waals surface area contributed by atoms with Gasteiger partial charge in [0.1, 0.15) is 0 Å². The molecule has 0 saturated carbocycles. The maximum atomic E-state index is 12.1. The van der Waals surface area contributed by atoms with Crippen molar-refractivity contribution in [1.29, 1.82) is 0 Å². The smallest absolute Gasteiger partial charge is 0.240 e. The van der Waals surface area contributed by atoms with Gasteiger partial charge in [-0.1, -0.05) is 19.1 Å². The van der Waals surface area contributed by atoms with E-state index in [1.807, 2.05) is 0 Å². The van der Waals surface area contributed by atoms with E-state index in [2.05, 4.69) is 14.8 Å². The number of amides is 1. The summed E-state index contributed by atoms with van der Waals surface area (Å²) in [7, 11) is -5.48. The lowest BCUT2D eigenvalue weighted by Crippen LogP contribution is -2.18. The summed E-state index contributed by atoms with van der Waals surface area (Å²) in [6, 6.07) is 12.8. The van der Waals surface area contributed by atoms with Crippen molar-refractivity contribution in [2.75, 3.05) is 22.8 Å². The number of sulfonamides is 2. The Balaban J connectivity index is 1.88. The fourth-order valence-electron chi connectivity index (χ4n) is 2.56. The number of carbonyl (C=O) groups excluding carboxylic acids is 1. The molecule has 0 aliphatic carbocycles. The zero-order chi connectivity index (χ0) is 21.5. The number of benzene rings is 2. The van der Waals surface area contributed by atoms with Crippen LogP contribution in [0.4, 0.5) is 11.4 Å². The fraction of sp³-hybridized carbons (Fsp3) is 0.316. The average molecular weight is 440 g/mol. The summed E-state index contributed by atoms with van der Waals surface area (Å²) in [6.45, 7) is 1.79. The molecule has 2 aromatic carbocycles. The molecule has 2 aromatic rings. The van der Waals surface area contributed by atoms with Crippen LogP contribution in [0, 0.1) is 0 Å². The molecule has 10 heteroatoms. The van der Waals surface area contributed by atoms with E-state index in [1.54, 1.807) is 43.3 Å². The predicted octanol–water partition coefficient (Wildman–Crippen LogP) is 2.32. The zero-order valence-electron chi connectivity index (χ0n) is 16.3. The third-order valence-corrected chi connectivity index (χ3v) is 6.98. The molecular weight excluding hydrogens is 414 g/mol. The number of rotatable bonds is 10. The summed E-state index contributed by atoms with van der Waals surface area (Å²) in [5, 5.41) is 2.75. The molecule has 2 rings (SSSR count). The Hall–Kier alpha value is -2.43. The summed E-state index contributed by atoms with van der Waals surface area (Å²) in [5.74, 6) is -0.149.